The van der Waals surface area contributed by atoms with Crippen molar-refractivity contribution in [2.45, 2.75) is 32.9 Å². The van der Waals surface area contributed by atoms with Gasteiger partial charge in [0.2, 0.25) is 0 Å². The van der Waals surface area contributed by atoms with E-state index in [0.717, 1.165) is 18.0 Å². The van der Waals surface area contributed by atoms with Crippen LogP contribution < -0.4 is 5.32 Å². The zero-order chi connectivity index (χ0) is 14.4. The molecule has 1 heterocycles. The molecule has 0 bridgehead atoms. The van der Waals surface area contributed by atoms with E-state index in [1.54, 1.807) is 11.3 Å². The molecule has 2 aromatic rings. The first kappa shape index (κ1) is 15.2. The smallest absolute Gasteiger partial charge is 0.107 e. The number of benzene rings is 1. The van der Waals surface area contributed by atoms with Crippen LogP contribution in [0.2, 0.25) is 0 Å². The van der Waals surface area contributed by atoms with Gasteiger partial charge in [0.15, 0.2) is 0 Å². The molecule has 0 radical (unpaired) electrons. The van der Waals surface area contributed by atoms with Gasteiger partial charge in [-0.3, -0.25) is 0 Å². The minimum Gasteiger partial charge on any atom is -0.396 e. The minimum atomic E-state index is 0.225. The maximum atomic E-state index is 9.08. The molecule has 4 heteroatoms. The zero-order valence-electron chi connectivity index (χ0n) is 12.0. The number of thiazole rings is 1. The van der Waals surface area contributed by atoms with Crippen molar-refractivity contribution in [3.05, 3.63) is 41.5 Å². The van der Waals surface area contributed by atoms with Crippen LogP contribution in [0.4, 0.5) is 0 Å². The molecule has 3 nitrogen and oxygen atoms in total. The van der Waals surface area contributed by atoms with Gasteiger partial charge >= 0.3 is 0 Å². The molecule has 0 saturated heterocycles. The van der Waals surface area contributed by atoms with Crippen molar-refractivity contribution >= 4 is 11.3 Å². The highest BCUT2D eigenvalue weighted by Crippen LogP contribution is 2.25. The molecule has 0 aliphatic rings. The molecule has 0 amide bonds. The minimum absolute atomic E-state index is 0.225. The first-order valence-corrected chi connectivity index (χ1v) is 7.86. The molecule has 2 rings (SSSR count). The van der Waals surface area contributed by atoms with Crippen LogP contribution in [0.15, 0.2) is 36.5 Å². The molecule has 0 aliphatic carbocycles. The molecule has 20 heavy (non-hydrogen) atoms. The summed E-state index contributed by atoms with van der Waals surface area (Å²) in [6.07, 6.45) is 2.72. The Morgan fingerprint density at radius 2 is 2.00 bits per heavy atom. The Kier molecular flexibility index (Phi) is 5.71. The molecular formula is C16H22N2OS. The standard InChI is InChI=1S/C16H22N2OS/c1-12(2)14(8-9-19)17-11-16-18-10-15(20-16)13-6-4-3-5-7-13/h3-7,10,12,14,17,19H,8-9,11H2,1-2H3. The van der Waals surface area contributed by atoms with Crippen LogP contribution in [-0.4, -0.2) is 22.7 Å². The molecule has 1 unspecified atom stereocenters. The Morgan fingerprint density at radius 3 is 2.65 bits per heavy atom. The topological polar surface area (TPSA) is 45.1 Å². The Labute approximate surface area is 124 Å². The van der Waals surface area contributed by atoms with Crippen molar-refractivity contribution in [1.29, 1.82) is 0 Å². The second-order valence-electron chi connectivity index (χ2n) is 5.23. The zero-order valence-corrected chi connectivity index (χ0v) is 12.9. The number of rotatable bonds is 7. The van der Waals surface area contributed by atoms with E-state index in [-0.39, 0.29) is 6.61 Å². The van der Waals surface area contributed by atoms with Crippen molar-refractivity contribution in [3.63, 3.8) is 0 Å². The summed E-state index contributed by atoms with van der Waals surface area (Å²) in [5.41, 5.74) is 1.21. The Bertz CT molecular complexity index is 510. The van der Waals surface area contributed by atoms with Gasteiger partial charge in [-0.1, -0.05) is 44.2 Å². The largest absolute Gasteiger partial charge is 0.396 e. The number of aromatic nitrogens is 1. The second-order valence-corrected chi connectivity index (χ2v) is 6.34. The van der Waals surface area contributed by atoms with Crippen LogP contribution >= 0.6 is 11.3 Å². The summed E-state index contributed by atoms with van der Waals surface area (Å²) in [4.78, 5) is 5.68. The maximum Gasteiger partial charge on any atom is 0.107 e. The van der Waals surface area contributed by atoms with Crippen LogP contribution in [0.25, 0.3) is 10.4 Å². The molecule has 0 fully saturated rings. The van der Waals surface area contributed by atoms with Gasteiger partial charge in [0.25, 0.3) is 0 Å². The summed E-state index contributed by atoms with van der Waals surface area (Å²) >= 11 is 1.72. The van der Waals surface area contributed by atoms with E-state index in [4.69, 9.17) is 5.11 Å². The summed E-state index contributed by atoms with van der Waals surface area (Å²) in [5, 5.41) is 13.7. The molecule has 108 valence electrons. The summed E-state index contributed by atoms with van der Waals surface area (Å²) in [7, 11) is 0. The van der Waals surface area contributed by atoms with E-state index in [2.05, 4.69) is 36.3 Å². The summed E-state index contributed by atoms with van der Waals surface area (Å²) in [6, 6.07) is 10.7. The fourth-order valence-electron chi connectivity index (χ4n) is 2.16. The van der Waals surface area contributed by atoms with Crippen molar-refractivity contribution in [1.82, 2.24) is 10.3 Å². The van der Waals surface area contributed by atoms with E-state index < -0.39 is 0 Å². The lowest BCUT2D eigenvalue weighted by molar-refractivity contribution is 0.244. The predicted octanol–water partition coefficient (Wildman–Crippen LogP) is 3.31. The summed E-state index contributed by atoms with van der Waals surface area (Å²) < 4.78 is 0. The van der Waals surface area contributed by atoms with Crippen molar-refractivity contribution in [3.8, 4) is 10.4 Å². The lowest BCUT2D eigenvalue weighted by atomic mass is 10.0. The van der Waals surface area contributed by atoms with Gasteiger partial charge < -0.3 is 10.4 Å². The molecule has 2 N–H and O–H groups in total. The van der Waals surface area contributed by atoms with Gasteiger partial charge in [0.05, 0.1) is 4.88 Å². The first-order chi connectivity index (χ1) is 9.70. The summed E-state index contributed by atoms with van der Waals surface area (Å²) in [5.74, 6) is 0.510. The summed E-state index contributed by atoms with van der Waals surface area (Å²) in [6.45, 7) is 5.33. The Balaban J connectivity index is 1.96. The molecular weight excluding hydrogens is 268 g/mol. The molecule has 1 aromatic heterocycles. The van der Waals surface area contributed by atoms with E-state index in [9.17, 15) is 0 Å². The number of nitrogens with zero attached hydrogens (tertiary/aromatic N) is 1. The van der Waals surface area contributed by atoms with Crippen molar-refractivity contribution in [2.24, 2.45) is 5.92 Å². The number of nitrogens with one attached hydrogen (secondary N) is 1. The van der Waals surface area contributed by atoms with Crippen LogP contribution in [0, 0.1) is 5.92 Å². The van der Waals surface area contributed by atoms with Gasteiger partial charge in [-0.15, -0.1) is 11.3 Å². The third kappa shape index (κ3) is 4.13. The number of aliphatic hydroxyl groups is 1. The third-order valence-electron chi connectivity index (χ3n) is 3.37. The SMILES string of the molecule is CC(C)C(CCO)NCc1ncc(-c2ccccc2)s1. The van der Waals surface area contributed by atoms with Crippen LogP contribution in [-0.2, 0) is 6.54 Å². The molecule has 1 atom stereocenters. The highest BCUT2D eigenvalue weighted by atomic mass is 32.1. The van der Waals surface area contributed by atoms with Gasteiger partial charge in [-0.2, -0.15) is 0 Å². The van der Waals surface area contributed by atoms with Gasteiger partial charge in [0.1, 0.15) is 5.01 Å². The van der Waals surface area contributed by atoms with E-state index in [1.165, 1.54) is 10.4 Å². The number of hydrogen-bond acceptors (Lipinski definition) is 4. The van der Waals surface area contributed by atoms with Crippen LogP contribution in [0.1, 0.15) is 25.3 Å². The monoisotopic (exact) mass is 290 g/mol. The first-order valence-electron chi connectivity index (χ1n) is 7.05. The quantitative estimate of drug-likeness (QED) is 0.822. The van der Waals surface area contributed by atoms with Gasteiger partial charge in [-0.05, 0) is 17.9 Å². The fourth-order valence-corrected chi connectivity index (χ4v) is 3.03. The molecule has 0 aliphatic heterocycles. The number of hydrogen-bond donors (Lipinski definition) is 2. The van der Waals surface area contributed by atoms with E-state index >= 15 is 0 Å². The Morgan fingerprint density at radius 1 is 1.25 bits per heavy atom. The lowest BCUT2D eigenvalue weighted by Gasteiger charge is -2.20. The predicted molar refractivity (Wildman–Crippen MR) is 84.7 cm³/mol. The fraction of sp³-hybridized carbons (Fsp3) is 0.438. The van der Waals surface area contributed by atoms with E-state index in [0.29, 0.717) is 12.0 Å². The average Bonchev–Trinajstić information content (AvgIpc) is 2.93. The number of aliphatic hydroxyl groups excluding tert-OH is 1. The van der Waals surface area contributed by atoms with Gasteiger partial charge in [-0.25, -0.2) is 4.98 Å². The normalized spacial score (nSPS) is 12.8. The third-order valence-corrected chi connectivity index (χ3v) is 4.42. The van der Waals surface area contributed by atoms with Crippen LogP contribution in [0.5, 0.6) is 0 Å². The van der Waals surface area contributed by atoms with Crippen LogP contribution in [0.3, 0.4) is 0 Å². The lowest BCUT2D eigenvalue weighted by Crippen LogP contribution is -2.34. The van der Waals surface area contributed by atoms with Crippen molar-refractivity contribution in [2.75, 3.05) is 6.61 Å². The highest BCUT2D eigenvalue weighted by molar-refractivity contribution is 7.15. The maximum absolute atomic E-state index is 9.08. The Hall–Kier alpha value is -1.23. The average molecular weight is 290 g/mol. The van der Waals surface area contributed by atoms with Gasteiger partial charge in [0, 0.05) is 25.4 Å². The second kappa shape index (κ2) is 7.53. The highest BCUT2D eigenvalue weighted by Gasteiger charge is 2.13. The molecule has 0 spiro atoms. The molecule has 0 saturated carbocycles. The molecule has 1 aromatic carbocycles. The van der Waals surface area contributed by atoms with Crippen molar-refractivity contribution < 1.29 is 5.11 Å². The van der Waals surface area contributed by atoms with E-state index in [1.807, 2.05) is 24.4 Å².